The second kappa shape index (κ2) is 6.89. The molecular weight excluding hydrogens is 200 g/mol. The van der Waals surface area contributed by atoms with E-state index >= 15 is 0 Å². The third-order valence-electron chi connectivity index (χ3n) is 3.20. The van der Waals surface area contributed by atoms with E-state index in [9.17, 15) is 4.79 Å². The van der Waals surface area contributed by atoms with E-state index in [4.69, 9.17) is 0 Å². The van der Waals surface area contributed by atoms with Gasteiger partial charge in [0.05, 0.1) is 0 Å². The van der Waals surface area contributed by atoms with E-state index in [2.05, 4.69) is 17.1 Å². The van der Waals surface area contributed by atoms with Crippen LogP contribution in [0.2, 0.25) is 0 Å². The molecule has 0 aromatic carbocycles. The molecule has 1 atom stereocenters. The first-order chi connectivity index (χ1) is 7.63. The highest BCUT2D eigenvalue weighted by Gasteiger charge is 2.21. The lowest BCUT2D eigenvalue weighted by Crippen LogP contribution is -2.48. The van der Waals surface area contributed by atoms with Gasteiger partial charge < -0.3 is 10.2 Å². The predicted molar refractivity (Wildman–Crippen MR) is 67.4 cm³/mol. The fourth-order valence-corrected chi connectivity index (χ4v) is 2.13. The minimum Gasteiger partial charge on any atom is -0.352 e. The van der Waals surface area contributed by atoms with Gasteiger partial charge in [0.25, 0.3) is 0 Å². The van der Waals surface area contributed by atoms with Crippen molar-refractivity contribution in [1.82, 2.24) is 10.2 Å². The van der Waals surface area contributed by atoms with Crippen molar-refractivity contribution in [2.75, 3.05) is 19.6 Å². The third kappa shape index (κ3) is 4.52. The van der Waals surface area contributed by atoms with Gasteiger partial charge in [-0.3, -0.25) is 4.79 Å². The van der Waals surface area contributed by atoms with E-state index in [1.807, 2.05) is 13.8 Å². The van der Waals surface area contributed by atoms with Gasteiger partial charge in [0.2, 0.25) is 5.91 Å². The number of hydrogen-bond donors (Lipinski definition) is 1. The smallest absolute Gasteiger partial charge is 0.222 e. The van der Waals surface area contributed by atoms with Crippen molar-refractivity contribution in [2.45, 2.75) is 52.5 Å². The summed E-state index contributed by atoms with van der Waals surface area (Å²) < 4.78 is 0. The Bertz CT molecular complexity index is 216. The minimum atomic E-state index is 0.103. The standard InChI is InChI=1S/C13H26N2O/c1-4-5-8-15-9-6-7-12(10-15)14-13(16)11(2)3/h11-12H,4-10H2,1-3H3,(H,14,16). The van der Waals surface area contributed by atoms with E-state index in [1.165, 1.54) is 32.4 Å². The Morgan fingerprint density at radius 1 is 1.50 bits per heavy atom. The van der Waals surface area contributed by atoms with Crippen LogP contribution in [-0.2, 0) is 4.79 Å². The molecule has 1 amide bonds. The zero-order valence-corrected chi connectivity index (χ0v) is 11.0. The summed E-state index contributed by atoms with van der Waals surface area (Å²) in [5.74, 6) is 0.299. The van der Waals surface area contributed by atoms with Crippen LogP contribution in [0, 0.1) is 5.92 Å². The molecule has 0 aliphatic carbocycles. The van der Waals surface area contributed by atoms with Crippen molar-refractivity contribution in [1.29, 1.82) is 0 Å². The van der Waals surface area contributed by atoms with Crippen LogP contribution in [-0.4, -0.2) is 36.5 Å². The summed E-state index contributed by atoms with van der Waals surface area (Å²) in [7, 11) is 0. The van der Waals surface area contributed by atoms with Gasteiger partial charge in [-0.15, -0.1) is 0 Å². The van der Waals surface area contributed by atoms with Crippen LogP contribution < -0.4 is 5.32 Å². The number of nitrogens with zero attached hydrogens (tertiary/aromatic N) is 1. The van der Waals surface area contributed by atoms with E-state index in [1.54, 1.807) is 0 Å². The molecule has 94 valence electrons. The van der Waals surface area contributed by atoms with Crippen molar-refractivity contribution >= 4 is 5.91 Å². The van der Waals surface area contributed by atoms with Gasteiger partial charge in [0.15, 0.2) is 0 Å². The van der Waals surface area contributed by atoms with E-state index < -0.39 is 0 Å². The fraction of sp³-hybridized carbons (Fsp3) is 0.923. The van der Waals surface area contributed by atoms with Crippen LogP contribution in [0.15, 0.2) is 0 Å². The van der Waals surface area contributed by atoms with Gasteiger partial charge in [-0.05, 0) is 32.4 Å². The van der Waals surface area contributed by atoms with Crippen molar-refractivity contribution < 1.29 is 4.79 Å². The first kappa shape index (κ1) is 13.5. The molecule has 0 saturated carbocycles. The van der Waals surface area contributed by atoms with E-state index in [-0.39, 0.29) is 11.8 Å². The van der Waals surface area contributed by atoms with Crippen LogP contribution in [0.25, 0.3) is 0 Å². The molecule has 0 bridgehead atoms. The van der Waals surface area contributed by atoms with Gasteiger partial charge >= 0.3 is 0 Å². The largest absolute Gasteiger partial charge is 0.352 e. The number of carbonyl (C=O) groups excluding carboxylic acids is 1. The van der Waals surface area contributed by atoms with Gasteiger partial charge in [-0.2, -0.15) is 0 Å². The number of nitrogens with one attached hydrogen (secondary N) is 1. The molecule has 3 heteroatoms. The maximum absolute atomic E-state index is 11.6. The Balaban J connectivity index is 2.30. The minimum absolute atomic E-state index is 0.103. The molecule has 1 saturated heterocycles. The molecule has 1 N–H and O–H groups in total. The molecule has 1 heterocycles. The lowest BCUT2D eigenvalue weighted by molar-refractivity contribution is -0.125. The Morgan fingerprint density at radius 2 is 2.25 bits per heavy atom. The van der Waals surface area contributed by atoms with Crippen molar-refractivity contribution in [3.05, 3.63) is 0 Å². The molecule has 1 aliphatic heterocycles. The van der Waals surface area contributed by atoms with Gasteiger partial charge in [0, 0.05) is 18.5 Å². The zero-order chi connectivity index (χ0) is 12.0. The first-order valence-corrected chi connectivity index (χ1v) is 6.66. The molecule has 1 unspecified atom stereocenters. The number of carbonyl (C=O) groups is 1. The number of hydrogen-bond acceptors (Lipinski definition) is 2. The maximum atomic E-state index is 11.6. The summed E-state index contributed by atoms with van der Waals surface area (Å²) in [5, 5.41) is 3.14. The average molecular weight is 226 g/mol. The normalized spacial score (nSPS) is 22.4. The predicted octanol–water partition coefficient (Wildman–Crippen LogP) is 2.02. The molecule has 0 aromatic rings. The summed E-state index contributed by atoms with van der Waals surface area (Å²) in [6, 6.07) is 0.375. The monoisotopic (exact) mass is 226 g/mol. The number of unbranched alkanes of at least 4 members (excludes halogenated alkanes) is 1. The van der Waals surface area contributed by atoms with Gasteiger partial charge in [0.1, 0.15) is 0 Å². The first-order valence-electron chi connectivity index (χ1n) is 6.66. The Kier molecular flexibility index (Phi) is 5.81. The average Bonchev–Trinajstić information content (AvgIpc) is 2.26. The molecule has 0 spiro atoms. The molecule has 1 aliphatic rings. The highest BCUT2D eigenvalue weighted by atomic mass is 16.1. The summed E-state index contributed by atoms with van der Waals surface area (Å²) in [5.41, 5.74) is 0. The highest BCUT2D eigenvalue weighted by Crippen LogP contribution is 2.11. The topological polar surface area (TPSA) is 32.3 Å². The van der Waals surface area contributed by atoms with Gasteiger partial charge in [-0.25, -0.2) is 0 Å². The molecule has 1 fully saturated rings. The van der Waals surface area contributed by atoms with Crippen LogP contribution in [0.5, 0.6) is 0 Å². The second-order valence-corrected chi connectivity index (χ2v) is 5.16. The van der Waals surface area contributed by atoms with Crippen LogP contribution in [0.1, 0.15) is 46.5 Å². The maximum Gasteiger partial charge on any atom is 0.222 e. The molecular formula is C13H26N2O. The van der Waals surface area contributed by atoms with Crippen molar-refractivity contribution in [2.24, 2.45) is 5.92 Å². The number of likely N-dealkylation sites (tertiary alicyclic amines) is 1. The fourth-order valence-electron chi connectivity index (χ4n) is 2.13. The molecule has 3 nitrogen and oxygen atoms in total. The van der Waals surface area contributed by atoms with E-state index in [0.29, 0.717) is 6.04 Å². The Hall–Kier alpha value is -0.570. The Labute approximate surface area is 99.6 Å². The SMILES string of the molecule is CCCCN1CCCC(NC(=O)C(C)C)C1. The second-order valence-electron chi connectivity index (χ2n) is 5.16. The number of amides is 1. The summed E-state index contributed by atoms with van der Waals surface area (Å²) >= 11 is 0. The van der Waals surface area contributed by atoms with Crippen LogP contribution in [0.3, 0.4) is 0 Å². The summed E-state index contributed by atoms with van der Waals surface area (Å²) in [4.78, 5) is 14.1. The summed E-state index contributed by atoms with van der Waals surface area (Å²) in [6.07, 6.45) is 4.87. The number of rotatable bonds is 5. The molecule has 0 aromatic heterocycles. The third-order valence-corrected chi connectivity index (χ3v) is 3.20. The zero-order valence-electron chi connectivity index (χ0n) is 11.0. The van der Waals surface area contributed by atoms with Crippen molar-refractivity contribution in [3.8, 4) is 0 Å². The van der Waals surface area contributed by atoms with Crippen LogP contribution in [0.4, 0.5) is 0 Å². The van der Waals surface area contributed by atoms with E-state index in [0.717, 1.165) is 13.0 Å². The van der Waals surface area contributed by atoms with Gasteiger partial charge in [-0.1, -0.05) is 27.2 Å². The van der Waals surface area contributed by atoms with Crippen LogP contribution >= 0.6 is 0 Å². The molecule has 16 heavy (non-hydrogen) atoms. The summed E-state index contributed by atoms with van der Waals surface area (Å²) in [6.45, 7) is 9.55. The molecule has 1 rings (SSSR count). The Morgan fingerprint density at radius 3 is 2.88 bits per heavy atom. The lowest BCUT2D eigenvalue weighted by atomic mass is 10.0. The number of piperidine rings is 1. The molecule has 0 radical (unpaired) electrons. The lowest BCUT2D eigenvalue weighted by Gasteiger charge is -2.33. The highest BCUT2D eigenvalue weighted by molar-refractivity contribution is 5.78. The quantitative estimate of drug-likeness (QED) is 0.778. The van der Waals surface area contributed by atoms with Crippen molar-refractivity contribution in [3.63, 3.8) is 0 Å².